The highest BCUT2D eigenvalue weighted by atomic mass is 16.2. The van der Waals surface area contributed by atoms with Crippen LogP contribution in [0.1, 0.15) is 47.3 Å². The highest BCUT2D eigenvalue weighted by Crippen LogP contribution is 2.34. The predicted molar refractivity (Wildman–Crippen MR) is 92.9 cm³/mol. The maximum absolute atomic E-state index is 12.7. The first-order valence-corrected chi connectivity index (χ1v) is 8.63. The number of H-pyrrole nitrogens is 1. The zero-order chi connectivity index (χ0) is 17.6. The monoisotopic (exact) mass is 342 g/mol. The number of anilines is 1. The second-order valence-electron chi connectivity index (χ2n) is 7.07. The van der Waals surface area contributed by atoms with Crippen molar-refractivity contribution in [3.05, 3.63) is 40.1 Å². The van der Waals surface area contributed by atoms with Gasteiger partial charge in [0.15, 0.2) is 0 Å². The van der Waals surface area contributed by atoms with Gasteiger partial charge in [0.2, 0.25) is 5.95 Å². The van der Waals surface area contributed by atoms with Crippen molar-refractivity contribution in [2.45, 2.75) is 31.2 Å². The molecule has 8 nitrogen and oxygen atoms in total. The topological polar surface area (TPSA) is 87.1 Å². The lowest BCUT2D eigenvalue weighted by Crippen LogP contribution is -2.28. The molecule has 1 atom stereocenters. The van der Waals surface area contributed by atoms with Crippen LogP contribution in [0.15, 0.2) is 23.3 Å². The summed E-state index contributed by atoms with van der Waals surface area (Å²) in [5, 5.41) is 4.30. The number of rotatable bonds is 4. The van der Waals surface area contributed by atoms with E-state index in [4.69, 9.17) is 0 Å². The summed E-state index contributed by atoms with van der Waals surface area (Å²) in [6, 6.07) is 2.01. The first-order valence-electron chi connectivity index (χ1n) is 8.63. The van der Waals surface area contributed by atoms with Gasteiger partial charge in [-0.3, -0.25) is 19.3 Å². The summed E-state index contributed by atoms with van der Waals surface area (Å²) < 4.78 is 1.89. The van der Waals surface area contributed by atoms with E-state index < -0.39 is 0 Å². The minimum Gasteiger partial charge on any atom is -0.348 e. The zero-order valence-corrected chi connectivity index (χ0v) is 14.5. The van der Waals surface area contributed by atoms with Gasteiger partial charge < -0.3 is 9.80 Å². The number of likely N-dealkylation sites (tertiary alicyclic amines) is 1. The number of aromatic nitrogens is 4. The molecule has 25 heavy (non-hydrogen) atoms. The summed E-state index contributed by atoms with van der Waals surface area (Å²) in [7, 11) is 3.67. The number of carbonyl (C=O) groups is 1. The number of hydrogen-bond donors (Lipinski definition) is 1. The van der Waals surface area contributed by atoms with Crippen LogP contribution in [0.3, 0.4) is 0 Å². The molecule has 0 bridgehead atoms. The van der Waals surface area contributed by atoms with Crippen LogP contribution in [0.25, 0.3) is 0 Å². The smallest absolute Gasteiger partial charge is 0.257 e. The molecule has 1 unspecified atom stereocenters. The SMILES string of the molecule is CN(C)c1nc(C2CCN(C(=O)c3cnn(C4CC4)c3)C2)cc(=O)[nH]1. The molecule has 4 rings (SSSR count). The molecule has 2 fully saturated rings. The van der Waals surface area contributed by atoms with Gasteiger partial charge in [-0.05, 0) is 19.3 Å². The average molecular weight is 342 g/mol. The van der Waals surface area contributed by atoms with Crippen molar-refractivity contribution in [3.8, 4) is 0 Å². The molecule has 1 aliphatic carbocycles. The van der Waals surface area contributed by atoms with E-state index in [0.29, 0.717) is 30.6 Å². The summed E-state index contributed by atoms with van der Waals surface area (Å²) in [5.41, 5.74) is 1.22. The number of amides is 1. The average Bonchev–Trinajstić information content (AvgIpc) is 3.12. The fraction of sp³-hybridized carbons (Fsp3) is 0.529. The lowest BCUT2D eigenvalue weighted by atomic mass is 10.1. The first-order chi connectivity index (χ1) is 12.0. The van der Waals surface area contributed by atoms with E-state index in [1.165, 1.54) is 6.07 Å². The second-order valence-corrected chi connectivity index (χ2v) is 7.07. The Labute approximate surface area is 145 Å². The second kappa shape index (κ2) is 6.02. The first kappa shape index (κ1) is 15.9. The van der Waals surface area contributed by atoms with Gasteiger partial charge in [-0.15, -0.1) is 0 Å². The van der Waals surface area contributed by atoms with E-state index in [2.05, 4.69) is 15.1 Å². The van der Waals surface area contributed by atoms with Crippen molar-refractivity contribution in [1.82, 2.24) is 24.6 Å². The lowest BCUT2D eigenvalue weighted by Gasteiger charge is -2.16. The third-order valence-corrected chi connectivity index (χ3v) is 4.84. The Morgan fingerprint density at radius 2 is 2.12 bits per heavy atom. The van der Waals surface area contributed by atoms with E-state index >= 15 is 0 Å². The van der Waals surface area contributed by atoms with Crippen LogP contribution < -0.4 is 10.5 Å². The summed E-state index contributed by atoms with van der Waals surface area (Å²) in [6.45, 7) is 1.25. The molecule has 1 saturated carbocycles. The molecule has 2 aliphatic rings. The molecule has 0 radical (unpaired) electrons. The van der Waals surface area contributed by atoms with Gasteiger partial charge in [0.1, 0.15) is 0 Å². The van der Waals surface area contributed by atoms with E-state index in [0.717, 1.165) is 25.0 Å². The quantitative estimate of drug-likeness (QED) is 0.895. The Bertz CT molecular complexity index is 851. The summed E-state index contributed by atoms with van der Waals surface area (Å²) in [4.78, 5) is 35.4. The molecule has 8 heteroatoms. The molecular weight excluding hydrogens is 320 g/mol. The van der Waals surface area contributed by atoms with Gasteiger partial charge in [0.05, 0.1) is 23.5 Å². The van der Waals surface area contributed by atoms with Crippen LogP contribution >= 0.6 is 0 Å². The van der Waals surface area contributed by atoms with Gasteiger partial charge >= 0.3 is 0 Å². The van der Waals surface area contributed by atoms with E-state index in [1.54, 1.807) is 11.1 Å². The van der Waals surface area contributed by atoms with E-state index in [9.17, 15) is 9.59 Å². The molecule has 2 aromatic rings. The van der Waals surface area contributed by atoms with Crippen LogP contribution in [0.4, 0.5) is 5.95 Å². The van der Waals surface area contributed by atoms with Crippen molar-refractivity contribution >= 4 is 11.9 Å². The highest BCUT2D eigenvalue weighted by molar-refractivity contribution is 5.94. The van der Waals surface area contributed by atoms with Gasteiger partial charge in [-0.2, -0.15) is 5.10 Å². The van der Waals surface area contributed by atoms with E-state index in [-0.39, 0.29) is 17.4 Å². The molecule has 132 valence electrons. The maximum atomic E-state index is 12.7. The lowest BCUT2D eigenvalue weighted by molar-refractivity contribution is 0.0790. The van der Waals surface area contributed by atoms with Crippen LogP contribution in [0.5, 0.6) is 0 Å². The fourth-order valence-corrected chi connectivity index (χ4v) is 3.24. The largest absolute Gasteiger partial charge is 0.348 e. The molecule has 1 amide bonds. The molecule has 0 aromatic carbocycles. The minimum absolute atomic E-state index is 0.00655. The van der Waals surface area contributed by atoms with Gasteiger partial charge in [0.25, 0.3) is 11.5 Å². The Balaban J connectivity index is 1.49. The van der Waals surface area contributed by atoms with Gasteiger partial charge in [0, 0.05) is 45.4 Å². The number of nitrogens with one attached hydrogen (secondary N) is 1. The van der Waals surface area contributed by atoms with Crippen molar-refractivity contribution < 1.29 is 4.79 Å². The number of hydrogen-bond acceptors (Lipinski definition) is 5. The highest BCUT2D eigenvalue weighted by Gasteiger charge is 2.31. The maximum Gasteiger partial charge on any atom is 0.257 e. The van der Waals surface area contributed by atoms with Crippen LogP contribution in [-0.4, -0.2) is 57.7 Å². The van der Waals surface area contributed by atoms with Crippen molar-refractivity contribution in [1.29, 1.82) is 0 Å². The van der Waals surface area contributed by atoms with Gasteiger partial charge in [-0.1, -0.05) is 0 Å². The third-order valence-electron chi connectivity index (χ3n) is 4.84. The standard InChI is InChI=1S/C17H22N6O2/c1-21(2)17-19-14(7-15(24)20-17)11-5-6-22(9-11)16(25)12-8-18-23(10-12)13-3-4-13/h7-8,10-11,13H,3-6,9H2,1-2H3,(H,19,20,24). The summed E-state index contributed by atoms with van der Waals surface area (Å²) in [5.74, 6) is 0.633. The molecule has 2 aromatic heterocycles. The van der Waals surface area contributed by atoms with Crippen molar-refractivity contribution in [3.63, 3.8) is 0 Å². The van der Waals surface area contributed by atoms with Crippen LogP contribution in [0.2, 0.25) is 0 Å². The van der Waals surface area contributed by atoms with Crippen LogP contribution in [-0.2, 0) is 0 Å². The molecule has 1 saturated heterocycles. The van der Waals surface area contributed by atoms with Crippen molar-refractivity contribution in [2.24, 2.45) is 0 Å². The van der Waals surface area contributed by atoms with Crippen LogP contribution in [0, 0.1) is 0 Å². The number of carbonyl (C=O) groups excluding carboxylic acids is 1. The molecule has 0 spiro atoms. The molecular formula is C17H22N6O2. The van der Waals surface area contributed by atoms with Crippen molar-refractivity contribution in [2.75, 3.05) is 32.1 Å². The number of aromatic amines is 1. The third kappa shape index (κ3) is 3.16. The zero-order valence-electron chi connectivity index (χ0n) is 14.5. The predicted octanol–water partition coefficient (Wildman–Crippen LogP) is 0.997. The Morgan fingerprint density at radius 1 is 1.32 bits per heavy atom. The van der Waals surface area contributed by atoms with Gasteiger partial charge in [-0.25, -0.2) is 4.98 Å². The minimum atomic E-state index is -0.163. The Hall–Kier alpha value is -2.64. The summed E-state index contributed by atoms with van der Waals surface area (Å²) >= 11 is 0. The molecule has 3 heterocycles. The Kier molecular flexibility index (Phi) is 3.82. The number of nitrogens with zero attached hydrogens (tertiary/aromatic N) is 5. The van der Waals surface area contributed by atoms with E-state index in [1.807, 2.05) is 29.9 Å². The molecule has 1 N–H and O–H groups in total. The normalized spacial score (nSPS) is 20.1. The molecule has 1 aliphatic heterocycles. The fourth-order valence-electron chi connectivity index (χ4n) is 3.24. The Morgan fingerprint density at radius 3 is 2.84 bits per heavy atom. The summed E-state index contributed by atoms with van der Waals surface area (Å²) in [6.07, 6.45) is 6.60.